The maximum Gasteiger partial charge on any atom is 0.116 e. The molecule has 0 aliphatic heterocycles. The Morgan fingerprint density at radius 1 is 1.36 bits per heavy atom. The third-order valence-corrected chi connectivity index (χ3v) is 1.29. The lowest BCUT2D eigenvalue weighted by molar-refractivity contribution is -0.873. The zero-order valence-corrected chi connectivity index (χ0v) is 8.95. The molecule has 0 aromatic rings. The molecule has 0 aromatic carbocycles. The van der Waals surface area contributed by atoms with Crippen molar-refractivity contribution in [3.8, 4) is 0 Å². The van der Waals surface area contributed by atoms with Crippen LogP contribution in [0.25, 0.3) is 0 Å². The second-order valence-electron chi connectivity index (χ2n) is 3.28. The van der Waals surface area contributed by atoms with Gasteiger partial charge < -0.3 is 15.7 Å². The number of nitrogens with zero attached hydrogens (tertiary/aromatic N) is 1. The van der Waals surface area contributed by atoms with Gasteiger partial charge in [-0.05, 0) is 0 Å². The molecule has 11 heavy (non-hydrogen) atoms. The maximum absolute atomic E-state index is 9.05. The van der Waals surface area contributed by atoms with Crippen LogP contribution in [0.15, 0.2) is 0 Å². The average Bonchev–Trinajstić information content (AvgIpc) is 1.62. The molecule has 3 nitrogen and oxygen atoms in total. The molecule has 0 rings (SSSR count). The van der Waals surface area contributed by atoms with Crippen molar-refractivity contribution in [3.05, 3.63) is 0 Å². The van der Waals surface area contributed by atoms with Crippen LogP contribution in [0.2, 0.25) is 0 Å². The highest BCUT2D eigenvalue weighted by atomic mass is 35.5. The Morgan fingerprint density at radius 3 is 1.82 bits per heavy atom. The van der Waals surface area contributed by atoms with Gasteiger partial charge in [0.1, 0.15) is 12.6 Å². The summed E-state index contributed by atoms with van der Waals surface area (Å²) in [5.41, 5.74) is 0. The summed E-state index contributed by atoms with van der Waals surface area (Å²) in [5, 5.41) is 9.05. The molecule has 0 bridgehead atoms. The third-order valence-electron chi connectivity index (χ3n) is 0.937. The Labute approximate surface area is 79.9 Å². The van der Waals surface area contributed by atoms with E-state index in [2.05, 4.69) is 0 Å². The molecule has 72 valence electrons. The summed E-state index contributed by atoms with van der Waals surface area (Å²) in [6.45, 7) is 0.712. The molecule has 0 spiro atoms. The number of aliphatic hydroxyl groups is 1. The molecule has 0 heterocycles. The minimum absolute atomic E-state index is 0. The van der Waals surface area contributed by atoms with Crippen molar-refractivity contribution in [2.45, 2.75) is 6.10 Å². The Hall–Kier alpha value is 0.460. The summed E-state index contributed by atoms with van der Waals surface area (Å²) >= 11 is 5.40. The van der Waals surface area contributed by atoms with E-state index in [1.54, 1.807) is 0 Å². The van der Waals surface area contributed by atoms with E-state index in [1.165, 1.54) is 0 Å². The summed E-state index contributed by atoms with van der Waals surface area (Å²) in [4.78, 5) is 0. The van der Waals surface area contributed by atoms with Crippen LogP contribution in [0.4, 0.5) is 0 Å². The predicted octanol–water partition coefficient (Wildman–Crippen LogP) is 0.876. The third kappa shape index (κ3) is 13.5. The second kappa shape index (κ2) is 7.13. The van der Waals surface area contributed by atoms with Crippen LogP contribution in [0.1, 0.15) is 0 Å². The number of hydrogen-bond acceptors (Lipinski definition) is 2. The summed E-state index contributed by atoms with van der Waals surface area (Å²) in [7, 11) is 6.07. The van der Waals surface area contributed by atoms with Gasteiger partial charge in [0.25, 0.3) is 0 Å². The van der Waals surface area contributed by atoms with Gasteiger partial charge in [-0.15, -0.1) is 24.0 Å². The highest BCUT2D eigenvalue weighted by Crippen LogP contribution is 1.95. The average molecular weight is 206 g/mol. The molecule has 0 radical (unpaired) electrons. The first-order valence-electron chi connectivity index (χ1n) is 3.00. The fourth-order valence-electron chi connectivity index (χ4n) is 0.681. The van der Waals surface area contributed by atoms with Gasteiger partial charge in [-0.3, -0.25) is 0 Å². The van der Waals surface area contributed by atoms with E-state index < -0.39 is 0 Å². The van der Waals surface area contributed by atoms with Crippen molar-refractivity contribution >= 4 is 24.0 Å². The monoisotopic (exact) mass is 205 g/mol. The van der Waals surface area contributed by atoms with Crippen molar-refractivity contribution in [2.75, 3.05) is 33.6 Å². The molecule has 0 aromatic heterocycles. The molecular formula is C6H19Cl2N2O+. The molecular weight excluding hydrogens is 187 g/mol. The van der Waals surface area contributed by atoms with Gasteiger partial charge in [0.15, 0.2) is 0 Å². The maximum atomic E-state index is 9.05. The normalized spacial score (nSPS) is 12.8. The van der Waals surface area contributed by atoms with Crippen molar-refractivity contribution in [1.82, 2.24) is 6.15 Å². The van der Waals surface area contributed by atoms with Crippen LogP contribution < -0.4 is 6.15 Å². The minimum atomic E-state index is -0.369. The summed E-state index contributed by atoms with van der Waals surface area (Å²) in [6.07, 6.45) is -0.369. The Bertz CT molecular complexity index is 85.1. The van der Waals surface area contributed by atoms with E-state index in [9.17, 15) is 0 Å². The molecule has 1 atom stereocenters. The van der Waals surface area contributed by atoms with Crippen molar-refractivity contribution < 1.29 is 9.59 Å². The van der Waals surface area contributed by atoms with Crippen LogP contribution in [0.5, 0.6) is 0 Å². The first kappa shape index (κ1) is 17.5. The van der Waals surface area contributed by atoms with Gasteiger partial charge in [-0.25, -0.2) is 0 Å². The van der Waals surface area contributed by atoms with Crippen LogP contribution in [0, 0.1) is 0 Å². The van der Waals surface area contributed by atoms with E-state index in [4.69, 9.17) is 16.7 Å². The van der Waals surface area contributed by atoms with Crippen LogP contribution in [-0.2, 0) is 0 Å². The quantitative estimate of drug-likeness (QED) is 0.532. The van der Waals surface area contributed by atoms with Gasteiger partial charge in [0, 0.05) is 0 Å². The van der Waals surface area contributed by atoms with Crippen molar-refractivity contribution in [1.29, 1.82) is 0 Å². The van der Waals surface area contributed by atoms with E-state index in [1.807, 2.05) is 21.1 Å². The number of likely N-dealkylation sites (N-methyl/N-ethyl adjacent to an activating group) is 1. The second-order valence-corrected chi connectivity index (χ2v) is 3.59. The zero-order valence-electron chi connectivity index (χ0n) is 7.38. The Balaban J connectivity index is -0.000000320. The lowest BCUT2D eigenvalue weighted by Gasteiger charge is -2.25. The number of quaternary nitrogens is 1. The molecule has 0 aliphatic carbocycles. The largest absolute Gasteiger partial charge is 0.386 e. The number of alkyl halides is 1. The van der Waals surface area contributed by atoms with Gasteiger partial charge in [0.2, 0.25) is 0 Å². The SMILES string of the molecule is C[N+](C)(C)CC(O)CCl.Cl.N. The van der Waals surface area contributed by atoms with Gasteiger partial charge in [0.05, 0.1) is 27.0 Å². The lowest BCUT2D eigenvalue weighted by atomic mass is 10.3. The smallest absolute Gasteiger partial charge is 0.116 e. The molecule has 0 saturated heterocycles. The molecule has 5 heteroatoms. The van der Waals surface area contributed by atoms with E-state index in [0.717, 1.165) is 4.48 Å². The summed E-state index contributed by atoms with van der Waals surface area (Å²) in [6, 6.07) is 0. The first-order chi connectivity index (χ1) is 3.95. The highest BCUT2D eigenvalue weighted by Gasteiger charge is 2.13. The topological polar surface area (TPSA) is 55.2 Å². The zero-order chi connectivity index (χ0) is 7.49. The highest BCUT2D eigenvalue weighted by molar-refractivity contribution is 6.18. The van der Waals surface area contributed by atoms with Gasteiger partial charge in [-0.1, -0.05) is 0 Å². The lowest BCUT2D eigenvalue weighted by Crippen LogP contribution is -2.41. The van der Waals surface area contributed by atoms with Crippen LogP contribution >= 0.6 is 24.0 Å². The molecule has 0 amide bonds. The minimum Gasteiger partial charge on any atom is -0.386 e. The number of hydrogen-bond donors (Lipinski definition) is 2. The summed E-state index contributed by atoms with van der Waals surface area (Å²) < 4.78 is 0.758. The molecule has 4 N–H and O–H groups in total. The Kier molecular flexibility index (Phi) is 11.4. The standard InChI is InChI=1S/C6H15ClNO.ClH.H3N/c1-8(2,3)5-6(9)4-7;;/h6,9H,4-5H2,1-3H3;1H;1H3/q+1;;. The molecule has 0 saturated carbocycles. The van der Waals surface area contributed by atoms with Gasteiger partial charge in [-0.2, -0.15) is 0 Å². The predicted molar refractivity (Wildman–Crippen MR) is 51.9 cm³/mol. The van der Waals surface area contributed by atoms with E-state index >= 15 is 0 Å². The summed E-state index contributed by atoms with van der Waals surface area (Å²) in [5.74, 6) is 0.329. The van der Waals surface area contributed by atoms with Gasteiger partial charge >= 0.3 is 0 Å². The van der Waals surface area contributed by atoms with E-state index in [-0.39, 0.29) is 24.7 Å². The Morgan fingerprint density at radius 2 is 1.73 bits per heavy atom. The van der Waals surface area contributed by atoms with Crippen molar-refractivity contribution in [2.24, 2.45) is 0 Å². The van der Waals surface area contributed by atoms with E-state index in [0.29, 0.717) is 12.4 Å². The fraction of sp³-hybridized carbons (Fsp3) is 1.00. The van der Waals surface area contributed by atoms with Crippen molar-refractivity contribution in [3.63, 3.8) is 0 Å². The van der Waals surface area contributed by atoms with Crippen LogP contribution in [-0.4, -0.2) is 49.3 Å². The fourth-order valence-corrected chi connectivity index (χ4v) is 0.779. The number of halogens is 2. The molecule has 0 aliphatic rings. The molecule has 0 fully saturated rings. The number of rotatable bonds is 3. The molecule has 1 unspecified atom stereocenters. The van der Waals surface area contributed by atoms with Crippen LogP contribution in [0.3, 0.4) is 0 Å². The number of aliphatic hydroxyl groups excluding tert-OH is 1. The first-order valence-corrected chi connectivity index (χ1v) is 3.53.